The number of carbonyl (C=O) groups is 1. The molecule has 0 aromatic heterocycles. The van der Waals surface area contributed by atoms with Crippen LogP contribution in [0.1, 0.15) is 24.2 Å². The lowest BCUT2D eigenvalue weighted by molar-refractivity contribution is -0.384. The van der Waals surface area contributed by atoms with E-state index in [-0.39, 0.29) is 17.1 Å². The lowest BCUT2D eigenvalue weighted by Crippen LogP contribution is -2.58. The number of anilines is 1. The highest BCUT2D eigenvalue weighted by atomic mass is 16.6. The van der Waals surface area contributed by atoms with Crippen LogP contribution in [0.25, 0.3) is 0 Å². The van der Waals surface area contributed by atoms with Crippen molar-refractivity contribution >= 4 is 17.3 Å². The number of nitro groups is 1. The zero-order valence-corrected chi connectivity index (χ0v) is 12.5. The molecule has 2 N–H and O–H groups in total. The van der Waals surface area contributed by atoms with Crippen molar-refractivity contribution in [3.63, 3.8) is 0 Å². The van der Waals surface area contributed by atoms with Crippen LogP contribution < -0.4 is 15.5 Å². The summed E-state index contributed by atoms with van der Waals surface area (Å²) in [5.41, 5.74) is 0.683. The normalized spacial score (nSPS) is 17.4. The number of nitrogens with zero attached hydrogens (tertiary/aromatic N) is 2. The van der Waals surface area contributed by atoms with Crippen LogP contribution in [-0.4, -0.2) is 43.1 Å². The smallest absolute Gasteiger partial charge is 0.292 e. The first kappa shape index (κ1) is 15.2. The average molecular weight is 292 g/mol. The van der Waals surface area contributed by atoms with E-state index >= 15 is 0 Å². The van der Waals surface area contributed by atoms with Crippen molar-refractivity contribution in [2.75, 3.05) is 31.6 Å². The van der Waals surface area contributed by atoms with Gasteiger partial charge in [-0.25, -0.2) is 0 Å². The van der Waals surface area contributed by atoms with Crippen molar-refractivity contribution < 1.29 is 9.72 Å². The van der Waals surface area contributed by atoms with Crippen LogP contribution in [0.3, 0.4) is 0 Å². The number of hydrogen-bond donors (Lipinski definition) is 2. The summed E-state index contributed by atoms with van der Waals surface area (Å²) in [6.45, 7) is 6.19. The zero-order valence-electron chi connectivity index (χ0n) is 12.5. The Hall–Kier alpha value is -2.15. The van der Waals surface area contributed by atoms with Crippen LogP contribution in [0.15, 0.2) is 18.2 Å². The molecule has 0 saturated carbocycles. The van der Waals surface area contributed by atoms with Gasteiger partial charge < -0.3 is 15.5 Å². The van der Waals surface area contributed by atoms with E-state index in [0.717, 1.165) is 13.1 Å². The van der Waals surface area contributed by atoms with Gasteiger partial charge in [-0.2, -0.15) is 0 Å². The Balaban J connectivity index is 2.52. The second kappa shape index (κ2) is 5.69. The highest BCUT2D eigenvalue weighted by molar-refractivity contribution is 5.95. The van der Waals surface area contributed by atoms with Gasteiger partial charge in [0.25, 0.3) is 11.6 Å². The van der Waals surface area contributed by atoms with E-state index in [9.17, 15) is 14.9 Å². The number of nitrogens with one attached hydrogen (secondary N) is 2. The Morgan fingerprint density at radius 2 is 2.19 bits per heavy atom. The number of hydrogen-bond acceptors (Lipinski definition) is 5. The number of amides is 1. The first-order valence-corrected chi connectivity index (χ1v) is 6.86. The first-order chi connectivity index (χ1) is 9.86. The molecule has 0 radical (unpaired) electrons. The van der Waals surface area contributed by atoms with Crippen LogP contribution in [0, 0.1) is 10.1 Å². The van der Waals surface area contributed by atoms with E-state index < -0.39 is 4.92 Å². The molecule has 1 aliphatic heterocycles. The van der Waals surface area contributed by atoms with Crippen molar-refractivity contribution in [2.24, 2.45) is 0 Å². The third-order valence-corrected chi connectivity index (χ3v) is 3.75. The SMILES string of the molecule is CNC(=O)c1ccc([N+](=O)[O-])c(N2CCNCC2(C)C)c1. The summed E-state index contributed by atoms with van der Waals surface area (Å²) in [7, 11) is 1.54. The van der Waals surface area contributed by atoms with Crippen LogP contribution in [-0.2, 0) is 0 Å². The molecule has 0 unspecified atom stereocenters. The van der Waals surface area contributed by atoms with Gasteiger partial charge in [-0.05, 0) is 26.0 Å². The lowest BCUT2D eigenvalue weighted by Gasteiger charge is -2.44. The summed E-state index contributed by atoms with van der Waals surface area (Å²) in [4.78, 5) is 24.7. The average Bonchev–Trinajstić information content (AvgIpc) is 2.45. The van der Waals surface area contributed by atoms with E-state index in [4.69, 9.17) is 0 Å². The fourth-order valence-electron chi connectivity index (χ4n) is 2.61. The minimum absolute atomic E-state index is 0.0256. The molecule has 7 nitrogen and oxygen atoms in total. The standard InChI is InChI=1S/C14H20N4O3/c1-14(2)9-16-6-7-17(14)12-8-10(13(19)15-3)4-5-11(12)18(20)21/h4-5,8,16H,6-7,9H2,1-3H3,(H,15,19). The summed E-state index contributed by atoms with van der Waals surface area (Å²) in [5, 5.41) is 17.1. The molecular weight excluding hydrogens is 272 g/mol. The molecule has 1 amide bonds. The molecule has 1 aromatic rings. The molecule has 1 fully saturated rings. The number of rotatable bonds is 3. The summed E-state index contributed by atoms with van der Waals surface area (Å²) >= 11 is 0. The van der Waals surface area contributed by atoms with Gasteiger partial charge in [0.1, 0.15) is 5.69 Å². The van der Waals surface area contributed by atoms with Gasteiger partial charge in [-0.15, -0.1) is 0 Å². The Bertz CT molecular complexity index is 571. The molecule has 1 saturated heterocycles. The Kier molecular flexibility index (Phi) is 4.13. The fourth-order valence-corrected chi connectivity index (χ4v) is 2.61. The van der Waals surface area contributed by atoms with Crippen molar-refractivity contribution in [1.82, 2.24) is 10.6 Å². The zero-order chi connectivity index (χ0) is 15.6. The summed E-state index contributed by atoms with van der Waals surface area (Å²) in [6, 6.07) is 4.48. The first-order valence-electron chi connectivity index (χ1n) is 6.86. The summed E-state index contributed by atoms with van der Waals surface area (Å²) in [5.74, 6) is -0.251. The van der Waals surface area contributed by atoms with Gasteiger partial charge in [-0.3, -0.25) is 14.9 Å². The van der Waals surface area contributed by atoms with Gasteiger partial charge in [0.2, 0.25) is 0 Å². The van der Waals surface area contributed by atoms with Crippen molar-refractivity contribution in [3.05, 3.63) is 33.9 Å². The lowest BCUT2D eigenvalue weighted by atomic mass is 9.98. The minimum Gasteiger partial charge on any atom is -0.358 e. The second-order valence-corrected chi connectivity index (χ2v) is 5.68. The molecule has 2 rings (SSSR count). The quantitative estimate of drug-likeness (QED) is 0.644. The highest BCUT2D eigenvalue weighted by Gasteiger charge is 2.34. The van der Waals surface area contributed by atoms with Gasteiger partial charge in [0.05, 0.1) is 4.92 Å². The van der Waals surface area contributed by atoms with E-state index in [1.165, 1.54) is 19.2 Å². The molecule has 7 heteroatoms. The number of benzene rings is 1. The Morgan fingerprint density at radius 3 is 2.76 bits per heavy atom. The fraction of sp³-hybridized carbons (Fsp3) is 0.500. The van der Waals surface area contributed by atoms with E-state index in [0.29, 0.717) is 17.8 Å². The van der Waals surface area contributed by atoms with Gasteiger partial charge in [0.15, 0.2) is 0 Å². The summed E-state index contributed by atoms with van der Waals surface area (Å²) in [6.07, 6.45) is 0. The Labute approximate surface area is 123 Å². The monoisotopic (exact) mass is 292 g/mol. The number of carbonyl (C=O) groups excluding carboxylic acids is 1. The Morgan fingerprint density at radius 1 is 1.48 bits per heavy atom. The summed E-state index contributed by atoms with van der Waals surface area (Å²) < 4.78 is 0. The largest absolute Gasteiger partial charge is 0.358 e. The molecule has 1 heterocycles. The van der Waals surface area contributed by atoms with Crippen molar-refractivity contribution in [2.45, 2.75) is 19.4 Å². The molecule has 1 aromatic carbocycles. The van der Waals surface area contributed by atoms with Crippen LogP contribution in [0.4, 0.5) is 11.4 Å². The van der Waals surface area contributed by atoms with Crippen LogP contribution in [0.5, 0.6) is 0 Å². The van der Waals surface area contributed by atoms with Crippen LogP contribution in [0.2, 0.25) is 0 Å². The molecular formula is C14H20N4O3. The van der Waals surface area contributed by atoms with E-state index in [1.807, 2.05) is 18.7 Å². The number of nitro benzene ring substituents is 1. The maximum atomic E-state index is 11.8. The highest BCUT2D eigenvalue weighted by Crippen LogP contribution is 2.34. The van der Waals surface area contributed by atoms with E-state index in [2.05, 4.69) is 10.6 Å². The predicted octanol–water partition coefficient (Wildman–Crippen LogP) is 1.14. The molecule has 114 valence electrons. The second-order valence-electron chi connectivity index (χ2n) is 5.68. The minimum atomic E-state index is -0.402. The third-order valence-electron chi connectivity index (χ3n) is 3.75. The topological polar surface area (TPSA) is 87.5 Å². The van der Waals surface area contributed by atoms with Gasteiger partial charge >= 0.3 is 0 Å². The van der Waals surface area contributed by atoms with Crippen molar-refractivity contribution in [3.8, 4) is 0 Å². The molecule has 1 aliphatic rings. The molecule has 0 atom stereocenters. The van der Waals surface area contributed by atoms with E-state index in [1.54, 1.807) is 6.07 Å². The molecule has 0 spiro atoms. The molecule has 0 bridgehead atoms. The van der Waals surface area contributed by atoms with Gasteiger partial charge in [-0.1, -0.05) is 0 Å². The maximum Gasteiger partial charge on any atom is 0.292 e. The molecule has 0 aliphatic carbocycles. The van der Waals surface area contributed by atoms with Crippen molar-refractivity contribution in [1.29, 1.82) is 0 Å². The molecule has 21 heavy (non-hydrogen) atoms. The third kappa shape index (κ3) is 2.97. The van der Waals surface area contributed by atoms with Crippen LogP contribution >= 0.6 is 0 Å². The van der Waals surface area contributed by atoms with Gasteiger partial charge in [0, 0.05) is 43.9 Å². The maximum absolute atomic E-state index is 11.8. The predicted molar refractivity (Wildman–Crippen MR) is 80.8 cm³/mol. The number of piperazine rings is 1.